The molecule has 132 valence electrons. The molecule has 1 aromatic rings. The lowest BCUT2D eigenvalue weighted by atomic mass is 9.84. The first-order valence-corrected chi connectivity index (χ1v) is 9.13. The van der Waals surface area contributed by atoms with Crippen molar-refractivity contribution in [3.63, 3.8) is 0 Å². The SMILES string of the molecule is CC(C)=CCCC(C)CC(=O)OC1(c2ccccc2)CCNCC1. The Hall–Kier alpha value is -1.61. The lowest BCUT2D eigenvalue weighted by Crippen LogP contribution is -2.43. The fourth-order valence-electron chi connectivity index (χ4n) is 3.32. The van der Waals surface area contributed by atoms with Gasteiger partial charge in [0.2, 0.25) is 0 Å². The van der Waals surface area contributed by atoms with Crippen molar-refractivity contribution in [3.05, 3.63) is 47.5 Å². The minimum atomic E-state index is -0.455. The summed E-state index contributed by atoms with van der Waals surface area (Å²) >= 11 is 0. The lowest BCUT2D eigenvalue weighted by Gasteiger charge is -2.37. The number of nitrogens with one attached hydrogen (secondary N) is 1. The summed E-state index contributed by atoms with van der Waals surface area (Å²) in [6.45, 7) is 8.13. The van der Waals surface area contributed by atoms with E-state index in [0.717, 1.165) is 44.3 Å². The number of benzene rings is 1. The van der Waals surface area contributed by atoms with E-state index in [1.54, 1.807) is 0 Å². The minimum Gasteiger partial charge on any atom is -0.454 e. The first kappa shape index (κ1) is 18.7. The summed E-state index contributed by atoms with van der Waals surface area (Å²) in [5.41, 5.74) is 2.00. The molecule has 0 saturated carbocycles. The van der Waals surface area contributed by atoms with Crippen LogP contribution in [0.1, 0.15) is 58.4 Å². The summed E-state index contributed by atoms with van der Waals surface area (Å²) in [4.78, 5) is 12.5. The van der Waals surface area contributed by atoms with E-state index in [4.69, 9.17) is 4.74 Å². The van der Waals surface area contributed by atoms with Crippen LogP contribution in [0.2, 0.25) is 0 Å². The van der Waals surface area contributed by atoms with Gasteiger partial charge in [0, 0.05) is 19.3 Å². The molecule has 3 heteroatoms. The van der Waals surface area contributed by atoms with Gasteiger partial charge in [0.25, 0.3) is 0 Å². The van der Waals surface area contributed by atoms with Crippen LogP contribution >= 0.6 is 0 Å². The van der Waals surface area contributed by atoms with E-state index >= 15 is 0 Å². The number of hydrogen-bond donors (Lipinski definition) is 1. The molecule has 0 amide bonds. The van der Waals surface area contributed by atoms with Gasteiger partial charge in [0.15, 0.2) is 0 Å². The molecule has 1 N–H and O–H groups in total. The first-order chi connectivity index (χ1) is 11.5. The van der Waals surface area contributed by atoms with Crippen molar-refractivity contribution >= 4 is 5.97 Å². The molecule has 1 aliphatic rings. The summed E-state index contributed by atoms with van der Waals surface area (Å²) in [5.74, 6) is 0.285. The fourth-order valence-corrected chi connectivity index (χ4v) is 3.32. The van der Waals surface area contributed by atoms with E-state index in [1.807, 2.05) is 18.2 Å². The normalized spacial score (nSPS) is 17.8. The third kappa shape index (κ3) is 5.48. The maximum Gasteiger partial charge on any atom is 0.306 e. The van der Waals surface area contributed by atoms with Crippen molar-refractivity contribution in [2.24, 2.45) is 5.92 Å². The van der Waals surface area contributed by atoms with Crippen LogP contribution in [0.3, 0.4) is 0 Å². The van der Waals surface area contributed by atoms with Gasteiger partial charge >= 0.3 is 5.97 Å². The molecular formula is C21H31NO2. The van der Waals surface area contributed by atoms with Crippen LogP contribution in [-0.2, 0) is 15.1 Å². The van der Waals surface area contributed by atoms with Gasteiger partial charge in [-0.3, -0.25) is 4.79 Å². The maximum atomic E-state index is 12.5. The Kier molecular flexibility index (Phi) is 7.04. The van der Waals surface area contributed by atoms with E-state index in [-0.39, 0.29) is 5.97 Å². The van der Waals surface area contributed by atoms with Crippen molar-refractivity contribution < 1.29 is 9.53 Å². The monoisotopic (exact) mass is 329 g/mol. The van der Waals surface area contributed by atoms with Gasteiger partial charge in [0.1, 0.15) is 5.60 Å². The average Bonchev–Trinajstić information content (AvgIpc) is 2.56. The highest BCUT2D eigenvalue weighted by molar-refractivity contribution is 5.70. The van der Waals surface area contributed by atoms with Crippen molar-refractivity contribution in [2.75, 3.05) is 13.1 Å². The fraction of sp³-hybridized carbons (Fsp3) is 0.571. The Morgan fingerprint density at radius 3 is 2.54 bits per heavy atom. The minimum absolute atomic E-state index is 0.0644. The van der Waals surface area contributed by atoms with Gasteiger partial charge in [-0.05, 0) is 51.3 Å². The van der Waals surface area contributed by atoms with Crippen molar-refractivity contribution in [3.8, 4) is 0 Å². The molecule has 3 nitrogen and oxygen atoms in total. The zero-order chi connectivity index (χ0) is 17.4. The summed E-state index contributed by atoms with van der Waals surface area (Å²) in [7, 11) is 0. The average molecular weight is 329 g/mol. The Labute approximate surface area is 146 Å². The Morgan fingerprint density at radius 2 is 1.92 bits per heavy atom. The second kappa shape index (κ2) is 9.03. The third-order valence-corrected chi connectivity index (χ3v) is 4.75. The molecule has 1 heterocycles. The van der Waals surface area contributed by atoms with Gasteiger partial charge in [0.05, 0.1) is 0 Å². The number of esters is 1. The molecule has 24 heavy (non-hydrogen) atoms. The molecule has 1 aliphatic heterocycles. The molecule has 1 saturated heterocycles. The Morgan fingerprint density at radius 1 is 1.25 bits per heavy atom. The van der Waals surface area contributed by atoms with Gasteiger partial charge in [-0.1, -0.05) is 48.9 Å². The molecule has 0 radical (unpaired) electrons. The topological polar surface area (TPSA) is 38.3 Å². The Bertz CT molecular complexity index is 540. The molecule has 1 atom stereocenters. The Balaban J connectivity index is 1.97. The smallest absolute Gasteiger partial charge is 0.306 e. The van der Waals surface area contributed by atoms with Crippen LogP contribution in [0, 0.1) is 5.92 Å². The number of carbonyl (C=O) groups is 1. The van der Waals surface area contributed by atoms with Crippen molar-refractivity contribution in [2.45, 2.75) is 58.5 Å². The highest BCUT2D eigenvalue weighted by Gasteiger charge is 2.37. The summed E-state index contributed by atoms with van der Waals surface area (Å²) in [6, 6.07) is 10.2. The van der Waals surface area contributed by atoms with Crippen LogP contribution in [0.4, 0.5) is 0 Å². The number of hydrogen-bond acceptors (Lipinski definition) is 3. The van der Waals surface area contributed by atoms with Gasteiger partial charge < -0.3 is 10.1 Å². The van der Waals surface area contributed by atoms with Crippen LogP contribution in [0.5, 0.6) is 0 Å². The molecule has 1 fully saturated rings. The van der Waals surface area contributed by atoms with Crippen LogP contribution in [0.15, 0.2) is 42.0 Å². The predicted octanol–water partition coefficient (Wildman–Crippen LogP) is 4.58. The van der Waals surface area contributed by atoms with Gasteiger partial charge in [-0.25, -0.2) is 0 Å². The van der Waals surface area contributed by atoms with E-state index in [0.29, 0.717) is 12.3 Å². The van der Waals surface area contributed by atoms with E-state index in [9.17, 15) is 4.79 Å². The second-order valence-electron chi connectivity index (χ2n) is 7.25. The quantitative estimate of drug-likeness (QED) is 0.588. The standard InChI is InChI=1S/C21H31NO2/c1-17(2)8-7-9-18(3)16-20(23)24-21(12-14-22-15-13-21)19-10-5-4-6-11-19/h4-6,8,10-11,18,22H,7,9,12-16H2,1-3H3. The largest absolute Gasteiger partial charge is 0.454 e. The number of ether oxygens (including phenoxy) is 1. The van der Waals surface area contributed by atoms with Crippen molar-refractivity contribution in [1.82, 2.24) is 5.32 Å². The molecule has 0 bridgehead atoms. The zero-order valence-corrected chi connectivity index (χ0v) is 15.3. The zero-order valence-electron chi connectivity index (χ0n) is 15.3. The van der Waals surface area contributed by atoms with Crippen LogP contribution in [0.25, 0.3) is 0 Å². The summed E-state index contributed by atoms with van der Waals surface area (Å²) in [6.07, 6.45) is 6.48. The number of carbonyl (C=O) groups excluding carboxylic acids is 1. The van der Waals surface area contributed by atoms with Crippen LogP contribution in [-0.4, -0.2) is 19.1 Å². The maximum absolute atomic E-state index is 12.5. The number of rotatable bonds is 7. The van der Waals surface area contributed by atoms with E-state index < -0.39 is 5.60 Å². The summed E-state index contributed by atoms with van der Waals surface area (Å²) < 4.78 is 6.07. The van der Waals surface area contributed by atoms with E-state index in [2.05, 4.69) is 44.3 Å². The molecule has 1 aromatic carbocycles. The summed E-state index contributed by atoms with van der Waals surface area (Å²) in [5, 5.41) is 3.36. The molecular weight excluding hydrogens is 298 g/mol. The molecule has 0 aromatic heterocycles. The van der Waals surface area contributed by atoms with Crippen molar-refractivity contribution in [1.29, 1.82) is 0 Å². The highest BCUT2D eigenvalue weighted by Crippen LogP contribution is 2.35. The number of piperidine rings is 1. The molecule has 1 unspecified atom stereocenters. The third-order valence-electron chi connectivity index (χ3n) is 4.75. The van der Waals surface area contributed by atoms with Gasteiger partial charge in [-0.2, -0.15) is 0 Å². The number of allylic oxidation sites excluding steroid dienone is 2. The first-order valence-electron chi connectivity index (χ1n) is 9.13. The predicted molar refractivity (Wildman–Crippen MR) is 98.8 cm³/mol. The second-order valence-corrected chi connectivity index (χ2v) is 7.25. The molecule has 0 spiro atoms. The van der Waals surface area contributed by atoms with E-state index in [1.165, 1.54) is 5.57 Å². The van der Waals surface area contributed by atoms with Gasteiger partial charge in [-0.15, -0.1) is 0 Å². The van der Waals surface area contributed by atoms with Crippen LogP contribution < -0.4 is 5.32 Å². The molecule has 2 rings (SSSR count). The molecule has 0 aliphatic carbocycles. The highest BCUT2D eigenvalue weighted by atomic mass is 16.6. The lowest BCUT2D eigenvalue weighted by molar-refractivity contribution is -0.165.